The molecule has 0 saturated carbocycles. The average molecular weight is 236 g/mol. The summed E-state index contributed by atoms with van der Waals surface area (Å²) in [6, 6.07) is 7.78. The molecule has 0 fully saturated rings. The molecule has 0 saturated heterocycles. The highest BCUT2D eigenvalue weighted by molar-refractivity contribution is 5.39. The quantitative estimate of drug-likeness (QED) is 0.414. The smallest absolute Gasteiger partial charge is 0.109 e. The van der Waals surface area contributed by atoms with E-state index in [4.69, 9.17) is 16.2 Å². The first-order valence-electron chi connectivity index (χ1n) is 6.44. The van der Waals surface area contributed by atoms with Crippen LogP contribution < -0.4 is 11.5 Å². The topological polar surface area (TPSA) is 61.3 Å². The number of unbranched alkanes of at least 4 members (excludes halogenated alkanes) is 3. The summed E-state index contributed by atoms with van der Waals surface area (Å²) in [7, 11) is 0. The number of rotatable bonds is 8. The highest BCUT2D eigenvalue weighted by atomic mass is 16.5. The molecule has 0 radical (unpaired) electrons. The maximum absolute atomic E-state index is 5.91. The number of nitrogens with two attached hydrogens (primary N) is 2. The van der Waals surface area contributed by atoms with E-state index >= 15 is 0 Å². The minimum absolute atomic E-state index is 0.208. The minimum Gasteiger partial charge on any atom is -0.399 e. The Balaban J connectivity index is 2.16. The van der Waals surface area contributed by atoms with Crippen molar-refractivity contribution in [3.63, 3.8) is 0 Å². The van der Waals surface area contributed by atoms with Crippen molar-refractivity contribution < 1.29 is 4.74 Å². The zero-order valence-electron chi connectivity index (χ0n) is 10.7. The van der Waals surface area contributed by atoms with Gasteiger partial charge in [0.2, 0.25) is 0 Å². The first-order valence-corrected chi connectivity index (χ1v) is 6.44. The van der Waals surface area contributed by atoms with Gasteiger partial charge >= 0.3 is 0 Å². The van der Waals surface area contributed by atoms with E-state index in [0.717, 1.165) is 25.1 Å². The van der Waals surface area contributed by atoms with Crippen LogP contribution in [0.4, 0.5) is 5.69 Å². The number of benzene rings is 1. The van der Waals surface area contributed by atoms with Gasteiger partial charge in [0.05, 0.1) is 0 Å². The lowest BCUT2D eigenvalue weighted by molar-refractivity contribution is 0.0553. The summed E-state index contributed by atoms with van der Waals surface area (Å²) in [4.78, 5) is 0. The number of hydrogen-bond acceptors (Lipinski definition) is 3. The lowest BCUT2D eigenvalue weighted by atomic mass is 10.1. The second-order valence-electron chi connectivity index (χ2n) is 4.42. The number of hydrogen-bond donors (Lipinski definition) is 2. The van der Waals surface area contributed by atoms with Gasteiger partial charge < -0.3 is 16.2 Å². The second kappa shape index (κ2) is 8.09. The third-order valence-corrected chi connectivity index (χ3v) is 2.75. The van der Waals surface area contributed by atoms with Crippen molar-refractivity contribution in [2.24, 2.45) is 5.73 Å². The fourth-order valence-corrected chi connectivity index (χ4v) is 1.71. The molecule has 96 valence electrons. The summed E-state index contributed by atoms with van der Waals surface area (Å²) in [6.07, 6.45) is 5.39. The largest absolute Gasteiger partial charge is 0.399 e. The monoisotopic (exact) mass is 236 g/mol. The highest BCUT2D eigenvalue weighted by Gasteiger charge is 2.03. The van der Waals surface area contributed by atoms with Gasteiger partial charge in [0, 0.05) is 18.7 Å². The molecule has 17 heavy (non-hydrogen) atoms. The van der Waals surface area contributed by atoms with Crippen LogP contribution in [0.1, 0.15) is 38.2 Å². The van der Waals surface area contributed by atoms with Crippen LogP contribution in [-0.4, -0.2) is 12.8 Å². The predicted molar refractivity (Wildman–Crippen MR) is 72.6 cm³/mol. The Kier molecular flexibility index (Phi) is 6.67. The van der Waals surface area contributed by atoms with Crippen molar-refractivity contribution in [3.05, 3.63) is 29.8 Å². The SMILES string of the molecule is CCCCCCOC(N)Cc1ccc(N)cc1. The van der Waals surface area contributed by atoms with E-state index in [9.17, 15) is 0 Å². The van der Waals surface area contributed by atoms with E-state index in [-0.39, 0.29) is 6.23 Å². The molecule has 3 nitrogen and oxygen atoms in total. The van der Waals surface area contributed by atoms with Crippen molar-refractivity contribution in [3.8, 4) is 0 Å². The first kappa shape index (κ1) is 14.0. The van der Waals surface area contributed by atoms with Crippen LogP contribution >= 0.6 is 0 Å². The number of anilines is 1. The van der Waals surface area contributed by atoms with Crippen molar-refractivity contribution in [2.45, 2.75) is 45.3 Å². The van der Waals surface area contributed by atoms with Crippen molar-refractivity contribution >= 4 is 5.69 Å². The normalized spacial score (nSPS) is 12.6. The molecule has 0 spiro atoms. The standard InChI is InChI=1S/C14H24N2O/c1-2-3-4-5-10-17-14(16)11-12-6-8-13(15)9-7-12/h6-9,14H,2-5,10-11,15-16H2,1H3. The summed E-state index contributed by atoms with van der Waals surface area (Å²) in [5.74, 6) is 0. The molecule has 0 aliphatic carbocycles. The van der Waals surface area contributed by atoms with E-state index in [1.165, 1.54) is 24.8 Å². The Morgan fingerprint density at radius 3 is 2.47 bits per heavy atom. The molecule has 0 bridgehead atoms. The molecule has 1 aromatic carbocycles. The van der Waals surface area contributed by atoms with Crippen LogP contribution in [0.25, 0.3) is 0 Å². The molecular weight excluding hydrogens is 212 g/mol. The van der Waals surface area contributed by atoms with Gasteiger partial charge in [0.15, 0.2) is 0 Å². The maximum atomic E-state index is 5.91. The van der Waals surface area contributed by atoms with Gasteiger partial charge in [-0.2, -0.15) is 0 Å². The van der Waals surface area contributed by atoms with Crippen LogP contribution in [0.5, 0.6) is 0 Å². The fraction of sp³-hybridized carbons (Fsp3) is 0.571. The zero-order chi connectivity index (χ0) is 12.5. The van der Waals surface area contributed by atoms with E-state index in [1.807, 2.05) is 24.3 Å². The van der Waals surface area contributed by atoms with E-state index in [1.54, 1.807) is 0 Å². The van der Waals surface area contributed by atoms with Gasteiger partial charge in [-0.05, 0) is 24.1 Å². The van der Waals surface area contributed by atoms with Crippen LogP contribution in [0, 0.1) is 0 Å². The van der Waals surface area contributed by atoms with Crippen LogP contribution in [0.3, 0.4) is 0 Å². The molecule has 4 N–H and O–H groups in total. The van der Waals surface area contributed by atoms with Gasteiger partial charge in [0.25, 0.3) is 0 Å². The first-order chi connectivity index (χ1) is 8.22. The summed E-state index contributed by atoms with van der Waals surface area (Å²) in [6.45, 7) is 2.96. The molecule has 0 aromatic heterocycles. The maximum Gasteiger partial charge on any atom is 0.109 e. The van der Waals surface area contributed by atoms with Crippen LogP contribution in [0.15, 0.2) is 24.3 Å². The molecule has 1 rings (SSSR count). The Hall–Kier alpha value is -1.06. The summed E-state index contributed by atoms with van der Waals surface area (Å²) >= 11 is 0. The summed E-state index contributed by atoms with van der Waals surface area (Å²) < 4.78 is 5.57. The lowest BCUT2D eigenvalue weighted by Crippen LogP contribution is -2.26. The van der Waals surface area contributed by atoms with Gasteiger partial charge in [-0.15, -0.1) is 0 Å². The lowest BCUT2D eigenvalue weighted by Gasteiger charge is -2.13. The zero-order valence-corrected chi connectivity index (χ0v) is 10.7. The molecule has 0 aliphatic heterocycles. The summed E-state index contributed by atoms with van der Waals surface area (Å²) in [5.41, 5.74) is 13.5. The van der Waals surface area contributed by atoms with Crippen molar-refractivity contribution in [2.75, 3.05) is 12.3 Å². The fourth-order valence-electron chi connectivity index (χ4n) is 1.71. The Labute approximate surface area is 104 Å². The number of nitrogen functional groups attached to an aromatic ring is 1. The van der Waals surface area contributed by atoms with E-state index < -0.39 is 0 Å². The molecule has 1 unspecified atom stereocenters. The van der Waals surface area contributed by atoms with Crippen molar-refractivity contribution in [1.29, 1.82) is 0 Å². The molecule has 0 amide bonds. The number of ether oxygens (including phenoxy) is 1. The van der Waals surface area contributed by atoms with E-state index in [0.29, 0.717) is 0 Å². The predicted octanol–water partition coefficient (Wildman–Crippen LogP) is 2.69. The third kappa shape index (κ3) is 6.29. The molecule has 3 heteroatoms. The van der Waals surface area contributed by atoms with Gasteiger partial charge in [-0.25, -0.2) is 0 Å². The van der Waals surface area contributed by atoms with Crippen molar-refractivity contribution in [1.82, 2.24) is 0 Å². The Morgan fingerprint density at radius 2 is 1.82 bits per heavy atom. The third-order valence-electron chi connectivity index (χ3n) is 2.75. The summed E-state index contributed by atoms with van der Waals surface area (Å²) in [5, 5.41) is 0. The highest BCUT2D eigenvalue weighted by Crippen LogP contribution is 2.08. The average Bonchev–Trinajstić information content (AvgIpc) is 2.32. The second-order valence-corrected chi connectivity index (χ2v) is 4.42. The minimum atomic E-state index is -0.208. The van der Waals surface area contributed by atoms with E-state index in [2.05, 4.69) is 6.92 Å². The molecular formula is C14H24N2O. The molecule has 1 atom stereocenters. The van der Waals surface area contributed by atoms with Gasteiger partial charge in [-0.1, -0.05) is 38.3 Å². The van der Waals surface area contributed by atoms with Crippen LogP contribution in [0.2, 0.25) is 0 Å². The van der Waals surface area contributed by atoms with Gasteiger partial charge in [0.1, 0.15) is 6.23 Å². The van der Waals surface area contributed by atoms with Crippen LogP contribution in [-0.2, 0) is 11.2 Å². The molecule has 0 heterocycles. The molecule has 0 aliphatic rings. The molecule has 1 aromatic rings. The Morgan fingerprint density at radius 1 is 1.12 bits per heavy atom. The Bertz CT molecular complexity index is 298. The van der Waals surface area contributed by atoms with Gasteiger partial charge in [-0.3, -0.25) is 0 Å².